The van der Waals surface area contributed by atoms with E-state index in [-0.39, 0.29) is 11.9 Å². The lowest BCUT2D eigenvalue weighted by molar-refractivity contribution is 0.759. The van der Waals surface area contributed by atoms with E-state index in [1.807, 2.05) is 25.1 Å². The molecule has 2 N–H and O–H groups in total. The molecule has 2 aromatic heterocycles. The summed E-state index contributed by atoms with van der Waals surface area (Å²) in [5.74, 6) is 0.716. The van der Waals surface area contributed by atoms with Crippen molar-refractivity contribution in [2.24, 2.45) is 5.73 Å². The van der Waals surface area contributed by atoms with Crippen LogP contribution in [0.4, 0.5) is 0 Å². The fourth-order valence-electron chi connectivity index (χ4n) is 1.37. The van der Waals surface area contributed by atoms with Crippen LogP contribution in [0.2, 0.25) is 0 Å². The second-order valence-electron chi connectivity index (χ2n) is 3.33. The maximum Gasteiger partial charge on any atom is 0.252 e. The molecule has 0 amide bonds. The van der Waals surface area contributed by atoms with Crippen molar-refractivity contribution in [3.63, 3.8) is 0 Å². The summed E-state index contributed by atoms with van der Waals surface area (Å²) in [5.41, 5.74) is 6.68. The Balaban J connectivity index is 2.52. The third-order valence-electron chi connectivity index (χ3n) is 2.12. The predicted molar refractivity (Wildman–Crippen MR) is 56.5 cm³/mol. The van der Waals surface area contributed by atoms with Crippen LogP contribution < -0.4 is 5.73 Å². The Kier molecular flexibility index (Phi) is 2.62. The molecule has 0 fully saturated rings. The van der Waals surface area contributed by atoms with Crippen molar-refractivity contribution < 1.29 is 0 Å². The van der Waals surface area contributed by atoms with E-state index in [4.69, 9.17) is 11.0 Å². The molecule has 0 radical (unpaired) electrons. The fourth-order valence-corrected chi connectivity index (χ4v) is 1.37. The van der Waals surface area contributed by atoms with Gasteiger partial charge in [0.25, 0.3) is 5.82 Å². The number of hydrogen-bond donors (Lipinski definition) is 1. The molecule has 1 atom stereocenters. The number of pyridine rings is 1. The predicted octanol–water partition coefficient (Wildman–Crippen LogP) is 0.554. The molecule has 6 heteroatoms. The summed E-state index contributed by atoms with van der Waals surface area (Å²) in [4.78, 5) is 8.01. The summed E-state index contributed by atoms with van der Waals surface area (Å²) < 4.78 is 1.46. The van der Waals surface area contributed by atoms with E-state index in [0.717, 1.165) is 5.56 Å². The average molecular weight is 214 g/mol. The molecule has 6 nitrogen and oxygen atoms in total. The lowest BCUT2D eigenvalue weighted by atomic mass is 10.1. The highest BCUT2D eigenvalue weighted by Crippen LogP contribution is 2.16. The van der Waals surface area contributed by atoms with Gasteiger partial charge in [0.15, 0.2) is 5.82 Å². The number of nitriles is 1. The van der Waals surface area contributed by atoms with Crippen molar-refractivity contribution in [2.45, 2.75) is 13.0 Å². The molecule has 0 unspecified atom stereocenters. The summed E-state index contributed by atoms with van der Waals surface area (Å²) in [6, 6.07) is 5.40. The minimum absolute atomic E-state index is 0.112. The van der Waals surface area contributed by atoms with E-state index in [1.54, 1.807) is 6.20 Å². The lowest BCUT2D eigenvalue weighted by Crippen LogP contribution is -2.11. The Labute approximate surface area is 92.4 Å². The second kappa shape index (κ2) is 4.08. The third kappa shape index (κ3) is 1.76. The van der Waals surface area contributed by atoms with Gasteiger partial charge in [-0.25, -0.2) is 14.6 Å². The van der Waals surface area contributed by atoms with Gasteiger partial charge in [-0.2, -0.15) is 5.26 Å². The molecule has 0 spiro atoms. The van der Waals surface area contributed by atoms with Crippen LogP contribution in [0.3, 0.4) is 0 Å². The van der Waals surface area contributed by atoms with Gasteiger partial charge in [-0.05, 0) is 13.0 Å². The van der Waals surface area contributed by atoms with Crippen molar-refractivity contribution in [2.75, 3.05) is 0 Å². The standard InChI is InChI=1S/C10H10N6/c1-7(12)8-3-2-4-13-10(8)16-6-14-9(5-11)15-16/h2-4,6-7H,12H2,1H3/t7-/m0/s1. The van der Waals surface area contributed by atoms with Gasteiger partial charge < -0.3 is 5.73 Å². The van der Waals surface area contributed by atoms with Gasteiger partial charge in [0.05, 0.1) is 0 Å². The largest absolute Gasteiger partial charge is 0.324 e. The maximum absolute atomic E-state index is 8.64. The molecule has 0 aromatic carbocycles. The Bertz CT molecular complexity index is 536. The van der Waals surface area contributed by atoms with Crippen LogP contribution in [0, 0.1) is 11.3 Å². The molecule has 2 rings (SSSR count). The topological polar surface area (TPSA) is 93.4 Å². The van der Waals surface area contributed by atoms with Gasteiger partial charge in [0.1, 0.15) is 12.4 Å². The monoisotopic (exact) mass is 214 g/mol. The summed E-state index contributed by atoms with van der Waals surface area (Å²) in [6.07, 6.45) is 3.10. The molecule has 0 aliphatic carbocycles. The van der Waals surface area contributed by atoms with E-state index >= 15 is 0 Å². The SMILES string of the molecule is C[C@H](N)c1cccnc1-n1cnc(C#N)n1. The average Bonchev–Trinajstić information content (AvgIpc) is 2.77. The zero-order chi connectivity index (χ0) is 11.5. The number of hydrogen-bond acceptors (Lipinski definition) is 5. The normalized spacial score (nSPS) is 12.1. The van der Waals surface area contributed by atoms with Crippen molar-refractivity contribution >= 4 is 0 Å². The quantitative estimate of drug-likeness (QED) is 0.788. The highest BCUT2D eigenvalue weighted by Gasteiger charge is 2.11. The van der Waals surface area contributed by atoms with Crippen LogP contribution >= 0.6 is 0 Å². The lowest BCUT2D eigenvalue weighted by Gasteiger charge is -2.09. The summed E-state index contributed by atoms with van der Waals surface area (Å²) in [5, 5.41) is 12.6. The van der Waals surface area contributed by atoms with Crippen molar-refractivity contribution in [1.29, 1.82) is 5.26 Å². The van der Waals surface area contributed by atoms with Gasteiger partial charge in [-0.3, -0.25) is 0 Å². The zero-order valence-electron chi connectivity index (χ0n) is 8.70. The van der Waals surface area contributed by atoms with Crippen LogP contribution in [0.1, 0.15) is 24.4 Å². The number of nitrogens with two attached hydrogens (primary N) is 1. The second-order valence-corrected chi connectivity index (χ2v) is 3.33. The van der Waals surface area contributed by atoms with Crippen LogP contribution in [0.5, 0.6) is 0 Å². The van der Waals surface area contributed by atoms with Crippen LogP contribution in [-0.2, 0) is 0 Å². The molecule has 0 aliphatic heterocycles. The molecular weight excluding hydrogens is 204 g/mol. The van der Waals surface area contributed by atoms with E-state index < -0.39 is 0 Å². The number of rotatable bonds is 2. The zero-order valence-corrected chi connectivity index (χ0v) is 8.70. The van der Waals surface area contributed by atoms with Crippen molar-refractivity contribution in [1.82, 2.24) is 19.7 Å². The van der Waals surface area contributed by atoms with Crippen molar-refractivity contribution in [3.8, 4) is 11.9 Å². The first-order chi connectivity index (χ1) is 7.72. The smallest absolute Gasteiger partial charge is 0.252 e. The molecule has 0 saturated carbocycles. The first-order valence-corrected chi connectivity index (χ1v) is 4.75. The summed E-state index contributed by atoms with van der Waals surface area (Å²) in [6.45, 7) is 1.86. The Hall–Kier alpha value is -2.26. The first kappa shape index (κ1) is 10.3. The highest BCUT2D eigenvalue weighted by atomic mass is 15.4. The highest BCUT2D eigenvalue weighted by molar-refractivity contribution is 5.34. The molecule has 2 heterocycles. The van der Waals surface area contributed by atoms with Crippen LogP contribution in [0.25, 0.3) is 5.82 Å². The van der Waals surface area contributed by atoms with Crippen LogP contribution in [0.15, 0.2) is 24.7 Å². The molecular formula is C10H10N6. The Morgan fingerprint density at radius 3 is 2.94 bits per heavy atom. The maximum atomic E-state index is 8.64. The summed E-state index contributed by atoms with van der Waals surface area (Å²) >= 11 is 0. The van der Waals surface area contributed by atoms with Gasteiger partial charge >= 0.3 is 0 Å². The van der Waals surface area contributed by atoms with E-state index in [1.165, 1.54) is 11.0 Å². The Morgan fingerprint density at radius 1 is 1.50 bits per heavy atom. The molecule has 0 saturated heterocycles. The van der Waals surface area contributed by atoms with Crippen LogP contribution in [-0.4, -0.2) is 19.7 Å². The number of aromatic nitrogens is 4. The van der Waals surface area contributed by atoms with Crippen molar-refractivity contribution in [3.05, 3.63) is 36.0 Å². The van der Waals surface area contributed by atoms with Gasteiger partial charge in [-0.15, -0.1) is 5.10 Å². The molecule has 16 heavy (non-hydrogen) atoms. The molecule has 0 aliphatic rings. The first-order valence-electron chi connectivity index (χ1n) is 4.75. The van der Waals surface area contributed by atoms with E-state index in [9.17, 15) is 0 Å². The Morgan fingerprint density at radius 2 is 2.31 bits per heavy atom. The molecule has 0 bridgehead atoms. The fraction of sp³-hybridized carbons (Fsp3) is 0.200. The number of nitrogens with zero attached hydrogens (tertiary/aromatic N) is 5. The van der Waals surface area contributed by atoms with Gasteiger partial charge in [0.2, 0.25) is 0 Å². The van der Waals surface area contributed by atoms with E-state index in [0.29, 0.717) is 5.82 Å². The van der Waals surface area contributed by atoms with E-state index in [2.05, 4.69) is 15.1 Å². The molecule has 80 valence electrons. The third-order valence-corrected chi connectivity index (χ3v) is 2.12. The van der Waals surface area contributed by atoms with Gasteiger partial charge in [-0.1, -0.05) is 6.07 Å². The minimum Gasteiger partial charge on any atom is -0.324 e. The summed E-state index contributed by atoms with van der Waals surface area (Å²) in [7, 11) is 0. The van der Waals surface area contributed by atoms with Gasteiger partial charge in [0, 0.05) is 17.8 Å². The molecule has 2 aromatic rings. The minimum atomic E-state index is -0.154.